The predicted octanol–water partition coefficient (Wildman–Crippen LogP) is 0.808. The van der Waals surface area contributed by atoms with E-state index < -0.39 is 0 Å². The molecule has 1 heterocycles. The van der Waals surface area contributed by atoms with Crippen molar-refractivity contribution in [3.8, 4) is 5.75 Å². The maximum atomic E-state index is 5.49. The maximum absolute atomic E-state index is 5.49. The number of pyridine rings is 1. The Bertz CT molecular complexity index is 199. The topological polar surface area (TPSA) is 48.1 Å². The molecule has 0 saturated carbocycles. The highest BCUT2D eigenvalue weighted by Gasteiger charge is 1.94. The van der Waals surface area contributed by atoms with Crippen LogP contribution in [0.25, 0.3) is 0 Å². The molecule has 0 fully saturated rings. The first-order valence-electron chi connectivity index (χ1n) is 3.57. The van der Waals surface area contributed by atoms with Gasteiger partial charge in [-0.3, -0.25) is 4.98 Å². The van der Waals surface area contributed by atoms with Gasteiger partial charge in [0.2, 0.25) is 0 Å². The summed E-state index contributed by atoms with van der Waals surface area (Å²) in [4.78, 5) is 3.90. The number of nitrogens with two attached hydrogens (primary N) is 1. The standard InChI is InChI=1S/C8H12N2O/c1-7(9)6-11-8-3-2-4-10-5-8/h2-5,7H,6,9H2,1H3. The lowest BCUT2D eigenvalue weighted by molar-refractivity contribution is 0.295. The van der Waals surface area contributed by atoms with Crippen LogP contribution in [-0.4, -0.2) is 17.6 Å². The zero-order valence-electron chi connectivity index (χ0n) is 6.53. The first-order chi connectivity index (χ1) is 5.29. The summed E-state index contributed by atoms with van der Waals surface area (Å²) < 4.78 is 5.28. The molecule has 2 N–H and O–H groups in total. The van der Waals surface area contributed by atoms with E-state index in [9.17, 15) is 0 Å². The second kappa shape index (κ2) is 3.93. The molecule has 0 radical (unpaired) electrons. The van der Waals surface area contributed by atoms with Crippen LogP contribution in [0, 0.1) is 0 Å². The number of aromatic nitrogens is 1. The molecule has 0 aliphatic carbocycles. The number of ether oxygens (including phenoxy) is 1. The fourth-order valence-corrected chi connectivity index (χ4v) is 0.660. The van der Waals surface area contributed by atoms with Gasteiger partial charge in [-0.05, 0) is 19.1 Å². The average Bonchev–Trinajstić information content (AvgIpc) is 2.03. The number of nitrogens with zero attached hydrogens (tertiary/aromatic N) is 1. The third kappa shape index (κ3) is 3.00. The Morgan fingerprint density at radius 3 is 3.09 bits per heavy atom. The molecule has 1 unspecified atom stereocenters. The fraction of sp³-hybridized carbons (Fsp3) is 0.375. The molecule has 1 aromatic heterocycles. The molecular formula is C8H12N2O. The molecule has 0 aliphatic heterocycles. The van der Waals surface area contributed by atoms with Gasteiger partial charge >= 0.3 is 0 Å². The van der Waals surface area contributed by atoms with Crippen LogP contribution in [0.3, 0.4) is 0 Å². The van der Waals surface area contributed by atoms with Crippen molar-refractivity contribution in [2.24, 2.45) is 5.73 Å². The van der Waals surface area contributed by atoms with Crippen LogP contribution in [-0.2, 0) is 0 Å². The van der Waals surface area contributed by atoms with Gasteiger partial charge in [0.15, 0.2) is 0 Å². The van der Waals surface area contributed by atoms with Crippen LogP contribution in [0.1, 0.15) is 6.92 Å². The summed E-state index contributed by atoms with van der Waals surface area (Å²) in [5.74, 6) is 0.768. The van der Waals surface area contributed by atoms with Gasteiger partial charge in [-0.25, -0.2) is 0 Å². The lowest BCUT2D eigenvalue weighted by atomic mass is 10.4. The molecule has 0 saturated heterocycles. The van der Waals surface area contributed by atoms with Crippen molar-refractivity contribution in [1.82, 2.24) is 4.98 Å². The Hall–Kier alpha value is -1.09. The summed E-state index contributed by atoms with van der Waals surface area (Å²) in [5, 5.41) is 0. The zero-order valence-corrected chi connectivity index (χ0v) is 6.53. The van der Waals surface area contributed by atoms with Gasteiger partial charge in [0.05, 0.1) is 6.20 Å². The van der Waals surface area contributed by atoms with Crippen molar-refractivity contribution in [3.63, 3.8) is 0 Å². The van der Waals surface area contributed by atoms with Crippen molar-refractivity contribution in [2.75, 3.05) is 6.61 Å². The largest absolute Gasteiger partial charge is 0.490 e. The molecule has 60 valence electrons. The highest BCUT2D eigenvalue weighted by molar-refractivity contribution is 5.15. The van der Waals surface area contributed by atoms with Crippen molar-refractivity contribution < 1.29 is 4.74 Å². The monoisotopic (exact) mass is 152 g/mol. The summed E-state index contributed by atoms with van der Waals surface area (Å²) in [6, 6.07) is 3.75. The Balaban J connectivity index is 2.39. The molecule has 1 aromatic rings. The molecule has 0 aromatic carbocycles. The number of rotatable bonds is 3. The van der Waals surface area contributed by atoms with E-state index in [0.717, 1.165) is 5.75 Å². The van der Waals surface area contributed by atoms with Gasteiger partial charge in [-0.2, -0.15) is 0 Å². The molecule has 11 heavy (non-hydrogen) atoms. The molecule has 1 rings (SSSR count). The smallest absolute Gasteiger partial charge is 0.137 e. The van der Waals surface area contributed by atoms with E-state index in [4.69, 9.17) is 10.5 Å². The van der Waals surface area contributed by atoms with Crippen molar-refractivity contribution >= 4 is 0 Å². The minimum Gasteiger partial charge on any atom is -0.490 e. The summed E-state index contributed by atoms with van der Waals surface area (Å²) in [5.41, 5.74) is 5.49. The highest BCUT2D eigenvalue weighted by atomic mass is 16.5. The lowest BCUT2D eigenvalue weighted by Crippen LogP contribution is -2.23. The Labute approximate surface area is 66.2 Å². The van der Waals surface area contributed by atoms with Crippen LogP contribution < -0.4 is 10.5 Å². The second-order valence-corrected chi connectivity index (χ2v) is 2.48. The van der Waals surface area contributed by atoms with Gasteiger partial charge in [0.1, 0.15) is 12.4 Å². The molecule has 1 atom stereocenters. The van der Waals surface area contributed by atoms with E-state index in [2.05, 4.69) is 4.98 Å². The van der Waals surface area contributed by atoms with Crippen molar-refractivity contribution in [2.45, 2.75) is 13.0 Å². The Kier molecular flexibility index (Phi) is 2.86. The molecule has 0 amide bonds. The third-order valence-corrected chi connectivity index (χ3v) is 1.15. The van der Waals surface area contributed by atoms with Gasteiger partial charge in [0.25, 0.3) is 0 Å². The molecule has 0 spiro atoms. The number of hydrogen-bond acceptors (Lipinski definition) is 3. The molecule has 3 heteroatoms. The minimum atomic E-state index is 0.0650. The second-order valence-electron chi connectivity index (χ2n) is 2.48. The van der Waals surface area contributed by atoms with E-state index in [1.807, 2.05) is 19.1 Å². The van der Waals surface area contributed by atoms with E-state index in [1.54, 1.807) is 12.4 Å². The van der Waals surface area contributed by atoms with Crippen LogP contribution in [0.5, 0.6) is 5.75 Å². The van der Waals surface area contributed by atoms with E-state index >= 15 is 0 Å². The van der Waals surface area contributed by atoms with Gasteiger partial charge < -0.3 is 10.5 Å². The zero-order chi connectivity index (χ0) is 8.10. The third-order valence-electron chi connectivity index (χ3n) is 1.15. The van der Waals surface area contributed by atoms with Gasteiger partial charge in [-0.1, -0.05) is 0 Å². The van der Waals surface area contributed by atoms with Gasteiger partial charge in [0, 0.05) is 12.2 Å². The average molecular weight is 152 g/mol. The van der Waals surface area contributed by atoms with Crippen molar-refractivity contribution in [3.05, 3.63) is 24.5 Å². The Morgan fingerprint density at radius 1 is 1.73 bits per heavy atom. The first kappa shape index (κ1) is 8.01. The SMILES string of the molecule is CC(N)COc1cccnc1. The fourth-order valence-electron chi connectivity index (χ4n) is 0.660. The summed E-state index contributed by atoms with van der Waals surface area (Å²) in [7, 11) is 0. The molecule has 0 bridgehead atoms. The van der Waals surface area contributed by atoms with E-state index in [0.29, 0.717) is 6.61 Å². The minimum absolute atomic E-state index is 0.0650. The van der Waals surface area contributed by atoms with E-state index in [1.165, 1.54) is 0 Å². The van der Waals surface area contributed by atoms with Crippen LogP contribution in [0.2, 0.25) is 0 Å². The van der Waals surface area contributed by atoms with Gasteiger partial charge in [-0.15, -0.1) is 0 Å². The van der Waals surface area contributed by atoms with E-state index in [-0.39, 0.29) is 6.04 Å². The molecular weight excluding hydrogens is 140 g/mol. The predicted molar refractivity (Wildman–Crippen MR) is 43.4 cm³/mol. The lowest BCUT2D eigenvalue weighted by Gasteiger charge is -2.06. The quantitative estimate of drug-likeness (QED) is 0.697. The summed E-state index contributed by atoms with van der Waals surface area (Å²) in [6.07, 6.45) is 3.38. The molecule has 0 aliphatic rings. The number of hydrogen-bond donors (Lipinski definition) is 1. The summed E-state index contributed by atoms with van der Waals surface area (Å²) in [6.45, 7) is 2.43. The van der Waals surface area contributed by atoms with Crippen LogP contribution >= 0.6 is 0 Å². The van der Waals surface area contributed by atoms with Crippen molar-refractivity contribution in [1.29, 1.82) is 0 Å². The maximum Gasteiger partial charge on any atom is 0.137 e. The molecule has 3 nitrogen and oxygen atoms in total. The summed E-state index contributed by atoms with van der Waals surface area (Å²) >= 11 is 0. The Morgan fingerprint density at radius 2 is 2.55 bits per heavy atom. The normalized spacial score (nSPS) is 12.5. The highest BCUT2D eigenvalue weighted by Crippen LogP contribution is 2.05. The first-order valence-corrected chi connectivity index (χ1v) is 3.57. The van der Waals surface area contributed by atoms with Crippen LogP contribution in [0.15, 0.2) is 24.5 Å². The van der Waals surface area contributed by atoms with Crippen LogP contribution in [0.4, 0.5) is 0 Å².